The molecule has 0 unspecified atom stereocenters. The maximum atomic E-state index is 12.8. The van der Waals surface area contributed by atoms with Crippen molar-refractivity contribution in [2.45, 2.75) is 39.0 Å². The topological polar surface area (TPSA) is 66.3 Å². The van der Waals surface area contributed by atoms with E-state index in [0.717, 1.165) is 44.3 Å². The number of aliphatic hydroxyl groups excluding tert-OH is 1. The minimum absolute atomic E-state index is 0.0851. The summed E-state index contributed by atoms with van der Waals surface area (Å²) < 4.78 is 0. The van der Waals surface area contributed by atoms with Crippen LogP contribution in [-0.4, -0.2) is 45.6 Å². The number of carbonyl (C=O) groups is 1. The highest BCUT2D eigenvalue weighted by Gasteiger charge is 2.36. The van der Waals surface area contributed by atoms with E-state index in [1.54, 1.807) is 12.4 Å². The second-order valence-electron chi connectivity index (χ2n) is 7.37. The third-order valence-electron chi connectivity index (χ3n) is 5.30. The molecule has 0 radical (unpaired) electrons. The summed E-state index contributed by atoms with van der Waals surface area (Å²) in [6.07, 6.45) is 7.97. The molecule has 5 heteroatoms. The number of hydrogen-bond acceptors (Lipinski definition) is 4. The molecule has 1 saturated heterocycles. The number of benzene rings is 1. The Morgan fingerprint density at radius 3 is 2.73 bits per heavy atom. The average molecular weight is 353 g/mol. The molecule has 26 heavy (non-hydrogen) atoms. The number of piperidine rings is 1. The van der Waals surface area contributed by atoms with Crippen molar-refractivity contribution in [3.05, 3.63) is 59.7 Å². The zero-order valence-electron chi connectivity index (χ0n) is 15.4. The SMILES string of the molecule is Cc1cnc(C(=O)N2CCC[C@@](CO)(CCCc3ccccc3)C2)cn1. The third kappa shape index (κ3) is 4.47. The van der Waals surface area contributed by atoms with E-state index in [9.17, 15) is 9.90 Å². The van der Waals surface area contributed by atoms with Crippen molar-refractivity contribution in [1.82, 2.24) is 14.9 Å². The normalized spacial score (nSPS) is 20.2. The molecule has 3 rings (SSSR count). The molecule has 0 spiro atoms. The van der Waals surface area contributed by atoms with Gasteiger partial charge in [0.05, 0.1) is 18.5 Å². The Morgan fingerprint density at radius 2 is 2.04 bits per heavy atom. The van der Waals surface area contributed by atoms with Gasteiger partial charge in [0, 0.05) is 24.7 Å². The van der Waals surface area contributed by atoms with E-state index in [2.05, 4.69) is 34.2 Å². The maximum absolute atomic E-state index is 12.8. The number of hydrogen-bond donors (Lipinski definition) is 1. The number of aryl methyl sites for hydroxylation is 2. The predicted molar refractivity (Wildman–Crippen MR) is 101 cm³/mol. The minimum atomic E-state index is -0.208. The van der Waals surface area contributed by atoms with Gasteiger partial charge in [0.2, 0.25) is 0 Å². The maximum Gasteiger partial charge on any atom is 0.274 e. The fraction of sp³-hybridized carbons (Fsp3) is 0.476. The van der Waals surface area contributed by atoms with Crippen LogP contribution in [0.25, 0.3) is 0 Å². The molecule has 2 heterocycles. The van der Waals surface area contributed by atoms with Crippen molar-refractivity contribution in [3.8, 4) is 0 Å². The van der Waals surface area contributed by atoms with Crippen molar-refractivity contribution in [3.63, 3.8) is 0 Å². The van der Waals surface area contributed by atoms with Gasteiger partial charge >= 0.3 is 0 Å². The zero-order valence-corrected chi connectivity index (χ0v) is 15.4. The molecule has 5 nitrogen and oxygen atoms in total. The lowest BCUT2D eigenvalue weighted by atomic mass is 9.76. The highest BCUT2D eigenvalue weighted by Crippen LogP contribution is 2.35. The Bertz CT molecular complexity index is 718. The lowest BCUT2D eigenvalue weighted by Crippen LogP contribution is -2.48. The summed E-state index contributed by atoms with van der Waals surface area (Å²) in [6.45, 7) is 3.28. The van der Waals surface area contributed by atoms with Gasteiger partial charge in [-0.15, -0.1) is 0 Å². The van der Waals surface area contributed by atoms with Crippen molar-refractivity contribution in [1.29, 1.82) is 0 Å². The van der Waals surface area contributed by atoms with Crippen LogP contribution in [0.5, 0.6) is 0 Å². The van der Waals surface area contributed by atoms with Gasteiger partial charge in [-0.2, -0.15) is 0 Å². The van der Waals surface area contributed by atoms with E-state index in [1.165, 1.54) is 5.56 Å². The summed E-state index contributed by atoms with van der Waals surface area (Å²) in [5.41, 5.74) is 2.29. The van der Waals surface area contributed by atoms with Crippen LogP contribution in [0.3, 0.4) is 0 Å². The van der Waals surface area contributed by atoms with Gasteiger partial charge in [-0.3, -0.25) is 9.78 Å². The van der Waals surface area contributed by atoms with E-state index < -0.39 is 0 Å². The molecular weight excluding hydrogens is 326 g/mol. The van der Waals surface area contributed by atoms with Crippen LogP contribution in [0, 0.1) is 12.3 Å². The monoisotopic (exact) mass is 353 g/mol. The summed E-state index contributed by atoms with van der Waals surface area (Å²) in [5, 5.41) is 10.1. The summed E-state index contributed by atoms with van der Waals surface area (Å²) >= 11 is 0. The third-order valence-corrected chi connectivity index (χ3v) is 5.30. The number of nitrogens with zero attached hydrogens (tertiary/aromatic N) is 3. The van der Waals surface area contributed by atoms with E-state index in [0.29, 0.717) is 12.2 Å². The minimum Gasteiger partial charge on any atom is -0.396 e. The van der Waals surface area contributed by atoms with Crippen LogP contribution in [0.4, 0.5) is 0 Å². The second kappa shape index (κ2) is 8.41. The molecular formula is C21H27N3O2. The Balaban J connectivity index is 1.62. The molecule has 1 N–H and O–H groups in total. The molecule has 1 fully saturated rings. The van der Waals surface area contributed by atoms with Gasteiger partial charge in [0.1, 0.15) is 5.69 Å². The van der Waals surface area contributed by atoms with Crippen molar-refractivity contribution in [2.75, 3.05) is 19.7 Å². The molecule has 1 aliphatic rings. The molecule has 0 aliphatic carbocycles. The van der Waals surface area contributed by atoms with Gasteiger partial charge in [-0.05, 0) is 44.6 Å². The Morgan fingerprint density at radius 1 is 1.23 bits per heavy atom. The summed E-state index contributed by atoms with van der Waals surface area (Å²) in [6, 6.07) is 10.4. The highest BCUT2D eigenvalue weighted by molar-refractivity contribution is 5.92. The van der Waals surface area contributed by atoms with Crippen LogP contribution >= 0.6 is 0 Å². The number of carbonyl (C=O) groups excluding carboxylic acids is 1. The standard InChI is InChI=1S/C21H27N3O2/c1-17-13-23-19(14-22-17)20(26)24-12-6-11-21(15-24,16-25)10-5-9-18-7-3-2-4-8-18/h2-4,7-8,13-14,25H,5-6,9-12,15-16H2,1H3/t21-/m0/s1. The first kappa shape index (κ1) is 18.5. The number of rotatable bonds is 6. The quantitative estimate of drug-likeness (QED) is 0.867. The lowest BCUT2D eigenvalue weighted by Gasteiger charge is -2.42. The smallest absolute Gasteiger partial charge is 0.274 e. The zero-order chi connectivity index (χ0) is 18.4. The van der Waals surface area contributed by atoms with E-state index in [-0.39, 0.29) is 17.9 Å². The molecule has 0 saturated carbocycles. The molecule has 0 bridgehead atoms. The number of amides is 1. The number of likely N-dealkylation sites (tertiary alicyclic amines) is 1. The van der Waals surface area contributed by atoms with E-state index in [4.69, 9.17) is 0 Å². The first-order valence-corrected chi connectivity index (χ1v) is 9.35. The predicted octanol–water partition coefficient (Wildman–Crippen LogP) is 3.02. The lowest BCUT2D eigenvalue weighted by molar-refractivity contribution is 0.0213. The van der Waals surface area contributed by atoms with Gasteiger partial charge in [0.15, 0.2) is 0 Å². The molecule has 1 aliphatic heterocycles. The van der Waals surface area contributed by atoms with Gasteiger partial charge in [-0.25, -0.2) is 4.98 Å². The summed E-state index contributed by atoms with van der Waals surface area (Å²) in [5.74, 6) is -0.0851. The molecule has 1 aromatic carbocycles. The van der Waals surface area contributed by atoms with Crippen LogP contribution in [0.2, 0.25) is 0 Å². The van der Waals surface area contributed by atoms with Crippen molar-refractivity contribution < 1.29 is 9.90 Å². The fourth-order valence-electron chi connectivity index (χ4n) is 3.77. The summed E-state index contributed by atoms with van der Waals surface area (Å²) in [7, 11) is 0. The van der Waals surface area contributed by atoms with Crippen LogP contribution < -0.4 is 0 Å². The van der Waals surface area contributed by atoms with Crippen LogP contribution in [0.1, 0.15) is 47.4 Å². The molecule has 1 atom stereocenters. The molecule has 138 valence electrons. The van der Waals surface area contributed by atoms with Gasteiger partial charge < -0.3 is 10.0 Å². The van der Waals surface area contributed by atoms with Crippen LogP contribution in [0.15, 0.2) is 42.7 Å². The Kier molecular flexibility index (Phi) is 5.99. The number of aliphatic hydroxyl groups is 1. The summed E-state index contributed by atoms with van der Waals surface area (Å²) in [4.78, 5) is 23.0. The van der Waals surface area contributed by atoms with E-state index >= 15 is 0 Å². The Labute approximate surface area is 155 Å². The first-order chi connectivity index (χ1) is 12.6. The van der Waals surface area contributed by atoms with Crippen LogP contribution in [-0.2, 0) is 6.42 Å². The van der Waals surface area contributed by atoms with E-state index in [1.807, 2.05) is 17.9 Å². The molecule has 2 aromatic rings. The average Bonchev–Trinajstić information content (AvgIpc) is 2.69. The van der Waals surface area contributed by atoms with Gasteiger partial charge in [0.25, 0.3) is 5.91 Å². The highest BCUT2D eigenvalue weighted by atomic mass is 16.3. The van der Waals surface area contributed by atoms with Crippen molar-refractivity contribution in [2.24, 2.45) is 5.41 Å². The largest absolute Gasteiger partial charge is 0.396 e. The fourth-order valence-corrected chi connectivity index (χ4v) is 3.77. The first-order valence-electron chi connectivity index (χ1n) is 9.35. The number of aromatic nitrogens is 2. The van der Waals surface area contributed by atoms with Crippen molar-refractivity contribution >= 4 is 5.91 Å². The molecule has 1 amide bonds. The molecule has 1 aromatic heterocycles. The van der Waals surface area contributed by atoms with Gasteiger partial charge in [-0.1, -0.05) is 30.3 Å². The second-order valence-corrected chi connectivity index (χ2v) is 7.37. The Hall–Kier alpha value is -2.27.